The van der Waals surface area contributed by atoms with Crippen molar-refractivity contribution in [1.82, 2.24) is 4.98 Å². The summed E-state index contributed by atoms with van der Waals surface area (Å²) in [5.41, 5.74) is 2.21. The lowest BCUT2D eigenvalue weighted by Gasteiger charge is -2.06. The number of rotatable bonds is 5. The molecule has 3 aromatic rings. The Kier molecular flexibility index (Phi) is 5.27. The summed E-state index contributed by atoms with van der Waals surface area (Å²) in [5.74, 6) is 0.619. The van der Waals surface area contributed by atoms with E-state index in [1.807, 2.05) is 48.5 Å². The zero-order valence-electron chi connectivity index (χ0n) is 13.0. The number of anilines is 1. The van der Waals surface area contributed by atoms with Crippen molar-refractivity contribution in [3.63, 3.8) is 0 Å². The molecule has 0 fully saturated rings. The maximum atomic E-state index is 12.3. The number of hydrogen-bond donors (Lipinski definition) is 1. The highest BCUT2D eigenvalue weighted by molar-refractivity contribution is 9.10. The number of nitrogens with zero attached hydrogens (tertiary/aromatic N) is 1. The van der Waals surface area contributed by atoms with E-state index in [2.05, 4.69) is 26.2 Å². The van der Waals surface area contributed by atoms with Gasteiger partial charge in [0, 0.05) is 27.5 Å². The Bertz CT molecular complexity index is 846. The van der Waals surface area contributed by atoms with Crippen LogP contribution in [0.1, 0.15) is 21.1 Å². The molecule has 1 aromatic heterocycles. The third-order valence-electron chi connectivity index (χ3n) is 3.42. The molecule has 1 N–H and O–H groups in total. The molecular formula is C18H15BrN2O2S. The Hall–Kier alpha value is -2.18. The SMILES string of the molecule is COc1ccccc1Cc1nc(C(=O)Nc2ccc(Br)cc2)cs1. The van der Waals surface area contributed by atoms with E-state index in [9.17, 15) is 4.79 Å². The summed E-state index contributed by atoms with van der Waals surface area (Å²) in [4.78, 5) is 16.7. The molecule has 0 atom stereocenters. The number of thiazole rings is 1. The van der Waals surface area contributed by atoms with Crippen LogP contribution in [0, 0.1) is 0 Å². The van der Waals surface area contributed by atoms with Crippen LogP contribution >= 0.6 is 27.3 Å². The molecule has 0 saturated carbocycles. The van der Waals surface area contributed by atoms with Gasteiger partial charge < -0.3 is 10.1 Å². The number of methoxy groups -OCH3 is 1. The van der Waals surface area contributed by atoms with Crippen molar-refractivity contribution in [1.29, 1.82) is 0 Å². The van der Waals surface area contributed by atoms with Gasteiger partial charge in [-0.15, -0.1) is 11.3 Å². The van der Waals surface area contributed by atoms with Crippen LogP contribution in [0.15, 0.2) is 58.4 Å². The Labute approximate surface area is 152 Å². The van der Waals surface area contributed by atoms with Gasteiger partial charge in [0.2, 0.25) is 0 Å². The van der Waals surface area contributed by atoms with Gasteiger partial charge in [-0.05, 0) is 30.3 Å². The lowest BCUT2D eigenvalue weighted by Crippen LogP contribution is -2.12. The molecule has 4 nitrogen and oxygen atoms in total. The first-order valence-corrected chi connectivity index (χ1v) is 8.96. The predicted molar refractivity (Wildman–Crippen MR) is 100 cm³/mol. The highest BCUT2D eigenvalue weighted by Crippen LogP contribution is 2.23. The van der Waals surface area contributed by atoms with Crippen molar-refractivity contribution in [2.75, 3.05) is 12.4 Å². The molecule has 0 aliphatic rings. The number of carbonyl (C=O) groups excluding carboxylic acids is 1. The number of benzene rings is 2. The van der Waals surface area contributed by atoms with Gasteiger partial charge >= 0.3 is 0 Å². The van der Waals surface area contributed by atoms with Gasteiger partial charge in [0.1, 0.15) is 11.4 Å². The second-order valence-corrected chi connectivity index (χ2v) is 6.93. The third kappa shape index (κ3) is 4.01. The molecule has 0 aliphatic heterocycles. The summed E-state index contributed by atoms with van der Waals surface area (Å²) in [7, 11) is 1.65. The zero-order chi connectivity index (χ0) is 16.9. The molecule has 0 saturated heterocycles. The lowest BCUT2D eigenvalue weighted by atomic mass is 10.1. The molecule has 0 radical (unpaired) electrons. The Balaban J connectivity index is 1.70. The van der Waals surface area contributed by atoms with Crippen molar-refractivity contribution in [2.24, 2.45) is 0 Å². The van der Waals surface area contributed by atoms with Gasteiger partial charge in [-0.3, -0.25) is 4.79 Å². The number of nitrogens with one attached hydrogen (secondary N) is 1. The van der Waals surface area contributed by atoms with E-state index >= 15 is 0 Å². The monoisotopic (exact) mass is 402 g/mol. The molecule has 6 heteroatoms. The van der Waals surface area contributed by atoms with E-state index in [1.165, 1.54) is 11.3 Å². The minimum atomic E-state index is -0.208. The van der Waals surface area contributed by atoms with Crippen LogP contribution in [0.5, 0.6) is 5.75 Å². The normalized spacial score (nSPS) is 10.4. The largest absolute Gasteiger partial charge is 0.496 e. The van der Waals surface area contributed by atoms with Crippen molar-refractivity contribution in [2.45, 2.75) is 6.42 Å². The van der Waals surface area contributed by atoms with Gasteiger partial charge in [-0.2, -0.15) is 0 Å². The van der Waals surface area contributed by atoms with E-state index in [1.54, 1.807) is 12.5 Å². The summed E-state index contributed by atoms with van der Waals surface area (Å²) >= 11 is 4.84. The van der Waals surface area contributed by atoms with Gasteiger partial charge in [0.15, 0.2) is 0 Å². The molecule has 2 aromatic carbocycles. The Morgan fingerprint density at radius 2 is 1.96 bits per heavy atom. The number of para-hydroxylation sites is 1. The number of ether oxygens (including phenoxy) is 1. The molecule has 0 aliphatic carbocycles. The topological polar surface area (TPSA) is 51.2 Å². The first kappa shape index (κ1) is 16.7. The summed E-state index contributed by atoms with van der Waals surface area (Å²) in [6.07, 6.45) is 0.639. The van der Waals surface area contributed by atoms with Crippen LogP contribution in [-0.4, -0.2) is 18.0 Å². The number of hydrogen-bond acceptors (Lipinski definition) is 4. The molecule has 3 rings (SSSR count). The highest BCUT2D eigenvalue weighted by Gasteiger charge is 2.12. The minimum Gasteiger partial charge on any atom is -0.496 e. The van der Waals surface area contributed by atoms with Gasteiger partial charge in [-0.1, -0.05) is 34.1 Å². The van der Waals surface area contributed by atoms with Crippen LogP contribution in [0.25, 0.3) is 0 Å². The average molecular weight is 403 g/mol. The van der Waals surface area contributed by atoms with Crippen molar-refractivity contribution < 1.29 is 9.53 Å². The van der Waals surface area contributed by atoms with Crippen LogP contribution < -0.4 is 10.1 Å². The zero-order valence-corrected chi connectivity index (χ0v) is 15.4. The van der Waals surface area contributed by atoms with E-state index < -0.39 is 0 Å². The van der Waals surface area contributed by atoms with Crippen molar-refractivity contribution in [3.05, 3.63) is 74.6 Å². The standard InChI is InChI=1S/C18H15BrN2O2S/c1-23-16-5-3-2-4-12(16)10-17-21-15(11-24-17)18(22)20-14-8-6-13(19)7-9-14/h2-9,11H,10H2,1H3,(H,20,22). The fourth-order valence-corrected chi connectivity index (χ4v) is 3.30. The van der Waals surface area contributed by atoms with Crippen LogP contribution in [0.2, 0.25) is 0 Å². The van der Waals surface area contributed by atoms with Crippen molar-refractivity contribution >= 4 is 38.9 Å². The maximum Gasteiger partial charge on any atom is 0.275 e. The maximum absolute atomic E-state index is 12.3. The summed E-state index contributed by atoms with van der Waals surface area (Å²) in [6.45, 7) is 0. The van der Waals surface area contributed by atoms with E-state index in [0.717, 1.165) is 26.5 Å². The van der Waals surface area contributed by atoms with Gasteiger partial charge in [0.25, 0.3) is 5.91 Å². The van der Waals surface area contributed by atoms with Crippen molar-refractivity contribution in [3.8, 4) is 5.75 Å². The van der Waals surface area contributed by atoms with E-state index in [-0.39, 0.29) is 5.91 Å². The second kappa shape index (κ2) is 7.59. The van der Waals surface area contributed by atoms with Crippen LogP contribution in [0.3, 0.4) is 0 Å². The molecule has 0 spiro atoms. The van der Waals surface area contributed by atoms with Crippen LogP contribution in [0.4, 0.5) is 5.69 Å². The average Bonchev–Trinajstić information content (AvgIpc) is 3.06. The Morgan fingerprint density at radius 3 is 2.71 bits per heavy atom. The van der Waals surface area contributed by atoms with Crippen LogP contribution in [-0.2, 0) is 6.42 Å². The fourth-order valence-electron chi connectivity index (χ4n) is 2.24. The van der Waals surface area contributed by atoms with Gasteiger partial charge in [0.05, 0.1) is 12.1 Å². The quantitative estimate of drug-likeness (QED) is 0.669. The second-order valence-electron chi connectivity index (χ2n) is 5.08. The highest BCUT2D eigenvalue weighted by atomic mass is 79.9. The first-order valence-electron chi connectivity index (χ1n) is 7.29. The fraction of sp³-hybridized carbons (Fsp3) is 0.111. The molecule has 122 valence electrons. The number of halogens is 1. The van der Waals surface area contributed by atoms with Gasteiger partial charge in [-0.25, -0.2) is 4.98 Å². The molecule has 0 unspecified atom stereocenters. The number of aromatic nitrogens is 1. The number of carbonyl (C=O) groups is 1. The minimum absolute atomic E-state index is 0.208. The molecule has 1 heterocycles. The van der Waals surface area contributed by atoms with E-state index in [4.69, 9.17) is 4.74 Å². The number of amides is 1. The summed E-state index contributed by atoms with van der Waals surface area (Å²) in [6, 6.07) is 15.3. The molecular weight excluding hydrogens is 388 g/mol. The first-order chi connectivity index (χ1) is 11.7. The predicted octanol–water partition coefficient (Wildman–Crippen LogP) is 4.76. The summed E-state index contributed by atoms with van der Waals surface area (Å²) in [5, 5.41) is 5.50. The van der Waals surface area contributed by atoms with E-state index in [0.29, 0.717) is 12.1 Å². The lowest BCUT2D eigenvalue weighted by molar-refractivity contribution is 0.102. The third-order valence-corrected chi connectivity index (χ3v) is 4.80. The molecule has 24 heavy (non-hydrogen) atoms. The summed E-state index contributed by atoms with van der Waals surface area (Å²) < 4.78 is 6.32. The smallest absolute Gasteiger partial charge is 0.275 e. The molecule has 0 bridgehead atoms. The Morgan fingerprint density at radius 1 is 1.21 bits per heavy atom. The molecule has 1 amide bonds.